The molecule has 0 aromatic heterocycles. The average molecular weight is 157 g/mol. The standard InChI is InChI=1S/C8H19N3/c9-4-3-8(7-10)11-5-1-2-6-11/h8H,1-7,9-10H2. The van der Waals surface area contributed by atoms with E-state index < -0.39 is 0 Å². The molecule has 0 bridgehead atoms. The van der Waals surface area contributed by atoms with Crippen LogP contribution in [0.15, 0.2) is 0 Å². The monoisotopic (exact) mass is 157 g/mol. The highest BCUT2D eigenvalue weighted by Gasteiger charge is 2.19. The summed E-state index contributed by atoms with van der Waals surface area (Å²) in [6, 6.07) is 0.544. The fourth-order valence-electron chi connectivity index (χ4n) is 1.75. The van der Waals surface area contributed by atoms with Crippen molar-refractivity contribution in [3.63, 3.8) is 0 Å². The van der Waals surface area contributed by atoms with Gasteiger partial charge >= 0.3 is 0 Å². The van der Waals surface area contributed by atoms with Crippen LogP contribution in [0.1, 0.15) is 19.3 Å². The van der Waals surface area contributed by atoms with Crippen LogP contribution in [0.5, 0.6) is 0 Å². The number of rotatable bonds is 4. The van der Waals surface area contributed by atoms with E-state index in [1.807, 2.05) is 0 Å². The minimum atomic E-state index is 0.544. The highest BCUT2D eigenvalue weighted by Crippen LogP contribution is 2.12. The zero-order valence-corrected chi connectivity index (χ0v) is 7.13. The van der Waals surface area contributed by atoms with Gasteiger partial charge in [-0.05, 0) is 38.9 Å². The summed E-state index contributed by atoms with van der Waals surface area (Å²) in [5, 5.41) is 0. The molecule has 0 radical (unpaired) electrons. The third kappa shape index (κ3) is 2.43. The van der Waals surface area contributed by atoms with Gasteiger partial charge in [-0.15, -0.1) is 0 Å². The Balaban J connectivity index is 2.27. The lowest BCUT2D eigenvalue weighted by Crippen LogP contribution is -2.39. The summed E-state index contributed by atoms with van der Waals surface area (Å²) in [5.41, 5.74) is 11.1. The molecule has 1 fully saturated rings. The van der Waals surface area contributed by atoms with E-state index in [-0.39, 0.29) is 0 Å². The van der Waals surface area contributed by atoms with Crippen LogP contribution < -0.4 is 11.5 Å². The Morgan fingerprint density at radius 1 is 1.18 bits per heavy atom. The lowest BCUT2D eigenvalue weighted by molar-refractivity contribution is 0.238. The van der Waals surface area contributed by atoms with Crippen molar-refractivity contribution in [2.75, 3.05) is 26.2 Å². The molecule has 3 heteroatoms. The van der Waals surface area contributed by atoms with Gasteiger partial charge < -0.3 is 11.5 Å². The first-order valence-electron chi connectivity index (χ1n) is 4.52. The maximum atomic E-state index is 5.64. The molecule has 0 saturated carbocycles. The molecule has 66 valence electrons. The summed E-state index contributed by atoms with van der Waals surface area (Å²) in [6.07, 6.45) is 3.72. The third-order valence-corrected chi connectivity index (χ3v) is 2.43. The Morgan fingerprint density at radius 3 is 2.27 bits per heavy atom. The zero-order valence-electron chi connectivity index (χ0n) is 7.13. The number of hydrogen-bond donors (Lipinski definition) is 2. The fourth-order valence-corrected chi connectivity index (χ4v) is 1.75. The molecular formula is C8H19N3. The smallest absolute Gasteiger partial charge is 0.0230 e. The summed E-state index contributed by atoms with van der Waals surface area (Å²) < 4.78 is 0. The maximum Gasteiger partial charge on any atom is 0.0230 e. The number of nitrogens with two attached hydrogens (primary N) is 2. The molecule has 0 aromatic carbocycles. The van der Waals surface area contributed by atoms with Crippen LogP contribution >= 0.6 is 0 Å². The van der Waals surface area contributed by atoms with Crippen molar-refractivity contribution in [1.29, 1.82) is 0 Å². The molecular weight excluding hydrogens is 138 g/mol. The SMILES string of the molecule is NCCC(CN)N1CCCC1. The van der Waals surface area contributed by atoms with Gasteiger partial charge in [0.25, 0.3) is 0 Å². The molecule has 1 atom stereocenters. The van der Waals surface area contributed by atoms with E-state index in [0.717, 1.165) is 19.5 Å². The van der Waals surface area contributed by atoms with Gasteiger partial charge in [-0.3, -0.25) is 4.90 Å². The molecule has 1 aliphatic rings. The molecule has 1 heterocycles. The highest BCUT2D eigenvalue weighted by atomic mass is 15.2. The van der Waals surface area contributed by atoms with Crippen molar-refractivity contribution in [3.8, 4) is 0 Å². The molecule has 0 amide bonds. The third-order valence-electron chi connectivity index (χ3n) is 2.43. The van der Waals surface area contributed by atoms with Crippen molar-refractivity contribution in [3.05, 3.63) is 0 Å². The number of likely N-dealkylation sites (tertiary alicyclic amines) is 1. The number of hydrogen-bond acceptors (Lipinski definition) is 3. The lowest BCUT2D eigenvalue weighted by Gasteiger charge is -2.25. The van der Waals surface area contributed by atoms with E-state index in [2.05, 4.69) is 4.90 Å². The van der Waals surface area contributed by atoms with Gasteiger partial charge in [-0.1, -0.05) is 0 Å². The normalized spacial score (nSPS) is 22.4. The molecule has 1 unspecified atom stereocenters. The van der Waals surface area contributed by atoms with Crippen LogP contribution in [0.25, 0.3) is 0 Å². The van der Waals surface area contributed by atoms with Crippen molar-refractivity contribution < 1.29 is 0 Å². The van der Waals surface area contributed by atoms with Crippen LogP contribution in [0, 0.1) is 0 Å². The molecule has 3 nitrogen and oxygen atoms in total. The van der Waals surface area contributed by atoms with Crippen LogP contribution in [0.4, 0.5) is 0 Å². The Morgan fingerprint density at radius 2 is 1.82 bits per heavy atom. The number of nitrogens with zero attached hydrogens (tertiary/aromatic N) is 1. The predicted molar refractivity (Wildman–Crippen MR) is 47.3 cm³/mol. The molecule has 1 rings (SSSR count). The summed E-state index contributed by atoms with van der Waals surface area (Å²) >= 11 is 0. The van der Waals surface area contributed by atoms with Crippen LogP contribution in [-0.2, 0) is 0 Å². The summed E-state index contributed by atoms with van der Waals surface area (Å²) in [7, 11) is 0. The predicted octanol–water partition coefficient (Wildman–Crippen LogP) is -0.242. The second-order valence-corrected chi connectivity index (χ2v) is 3.21. The maximum absolute atomic E-state index is 5.64. The first-order valence-corrected chi connectivity index (χ1v) is 4.52. The van der Waals surface area contributed by atoms with Gasteiger partial charge in [0.05, 0.1) is 0 Å². The molecule has 0 spiro atoms. The van der Waals surface area contributed by atoms with E-state index in [9.17, 15) is 0 Å². The van der Waals surface area contributed by atoms with Crippen molar-refractivity contribution in [1.82, 2.24) is 4.90 Å². The fraction of sp³-hybridized carbons (Fsp3) is 1.00. The summed E-state index contributed by atoms with van der Waals surface area (Å²) in [4.78, 5) is 2.47. The molecule has 0 aliphatic carbocycles. The zero-order chi connectivity index (χ0) is 8.10. The second-order valence-electron chi connectivity index (χ2n) is 3.21. The van der Waals surface area contributed by atoms with E-state index >= 15 is 0 Å². The van der Waals surface area contributed by atoms with E-state index in [4.69, 9.17) is 11.5 Å². The second kappa shape index (κ2) is 4.70. The van der Waals surface area contributed by atoms with Crippen molar-refractivity contribution in [2.45, 2.75) is 25.3 Å². The minimum Gasteiger partial charge on any atom is -0.330 e. The summed E-state index contributed by atoms with van der Waals surface area (Å²) in [6.45, 7) is 3.97. The van der Waals surface area contributed by atoms with Gasteiger partial charge in [-0.25, -0.2) is 0 Å². The van der Waals surface area contributed by atoms with Gasteiger partial charge in [0.15, 0.2) is 0 Å². The quantitative estimate of drug-likeness (QED) is 0.592. The lowest BCUT2D eigenvalue weighted by atomic mass is 10.2. The first kappa shape index (κ1) is 8.97. The Kier molecular flexibility index (Phi) is 3.83. The van der Waals surface area contributed by atoms with E-state index in [1.165, 1.54) is 25.9 Å². The Labute approximate surface area is 68.7 Å². The molecule has 1 saturated heterocycles. The Hall–Kier alpha value is -0.120. The first-order chi connectivity index (χ1) is 5.38. The summed E-state index contributed by atoms with van der Waals surface area (Å²) in [5.74, 6) is 0. The molecule has 0 aromatic rings. The molecule has 11 heavy (non-hydrogen) atoms. The van der Waals surface area contributed by atoms with Gasteiger partial charge in [0.1, 0.15) is 0 Å². The van der Waals surface area contributed by atoms with Gasteiger partial charge in [0.2, 0.25) is 0 Å². The largest absolute Gasteiger partial charge is 0.330 e. The van der Waals surface area contributed by atoms with E-state index in [1.54, 1.807) is 0 Å². The highest BCUT2D eigenvalue weighted by molar-refractivity contribution is 4.76. The molecule has 4 N–H and O–H groups in total. The van der Waals surface area contributed by atoms with Crippen molar-refractivity contribution in [2.24, 2.45) is 11.5 Å². The van der Waals surface area contributed by atoms with Crippen LogP contribution in [0.3, 0.4) is 0 Å². The Bertz CT molecular complexity index is 99.5. The average Bonchev–Trinajstić information content (AvgIpc) is 2.52. The van der Waals surface area contributed by atoms with E-state index in [0.29, 0.717) is 6.04 Å². The van der Waals surface area contributed by atoms with Gasteiger partial charge in [0, 0.05) is 12.6 Å². The van der Waals surface area contributed by atoms with Crippen LogP contribution in [-0.4, -0.2) is 37.1 Å². The topological polar surface area (TPSA) is 55.3 Å². The van der Waals surface area contributed by atoms with Crippen molar-refractivity contribution >= 4 is 0 Å². The van der Waals surface area contributed by atoms with Crippen LogP contribution in [0.2, 0.25) is 0 Å². The molecule has 1 aliphatic heterocycles. The van der Waals surface area contributed by atoms with Gasteiger partial charge in [-0.2, -0.15) is 0 Å². The minimum absolute atomic E-state index is 0.544.